The Balaban J connectivity index is 2.26. The second-order valence-corrected chi connectivity index (χ2v) is 5.82. The predicted molar refractivity (Wildman–Crippen MR) is 77.1 cm³/mol. The molecule has 1 aliphatic heterocycles. The third-order valence-electron chi connectivity index (χ3n) is 3.00. The third-order valence-corrected chi connectivity index (χ3v) is 4.15. The Morgan fingerprint density at radius 3 is 3.00 bits per heavy atom. The zero-order valence-corrected chi connectivity index (χ0v) is 11.6. The van der Waals surface area contributed by atoms with Crippen LogP contribution in [0, 0.1) is 0 Å². The van der Waals surface area contributed by atoms with Crippen molar-refractivity contribution in [2.45, 2.75) is 23.5 Å². The zero-order chi connectivity index (χ0) is 13.1. The van der Waals surface area contributed by atoms with E-state index in [1.165, 1.54) is 0 Å². The van der Waals surface area contributed by atoms with Gasteiger partial charge < -0.3 is 16.0 Å². The average Bonchev–Trinajstić information content (AvgIpc) is 2.35. The van der Waals surface area contributed by atoms with Crippen molar-refractivity contribution < 1.29 is 4.79 Å². The third kappa shape index (κ3) is 2.62. The van der Waals surface area contributed by atoms with Crippen molar-refractivity contribution in [3.05, 3.63) is 18.2 Å². The largest absolute Gasteiger partial charge is 0.399 e. The van der Waals surface area contributed by atoms with Crippen LogP contribution in [-0.2, 0) is 4.79 Å². The minimum absolute atomic E-state index is 0.0179. The Hall–Kier alpha value is -1.20. The molecule has 1 aromatic rings. The van der Waals surface area contributed by atoms with Crippen molar-refractivity contribution in [2.75, 3.05) is 30.8 Å². The lowest BCUT2D eigenvalue weighted by atomic mass is 10.2. The highest BCUT2D eigenvalue weighted by molar-refractivity contribution is 8.00. The highest BCUT2D eigenvalue weighted by Gasteiger charge is 2.30. The fraction of sp³-hybridized carbons (Fsp3) is 0.462. The summed E-state index contributed by atoms with van der Waals surface area (Å²) in [5.74, 6) is 0.175. The van der Waals surface area contributed by atoms with Crippen molar-refractivity contribution in [2.24, 2.45) is 0 Å². The number of hydrogen-bond acceptors (Lipinski definition) is 4. The minimum atomic E-state index is -0.0179. The van der Waals surface area contributed by atoms with Gasteiger partial charge in [0, 0.05) is 17.1 Å². The van der Waals surface area contributed by atoms with Gasteiger partial charge in [-0.2, -0.15) is 0 Å². The number of carbonyl (C=O) groups excluding carboxylic acids is 1. The summed E-state index contributed by atoms with van der Waals surface area (Å²) >= 11 is 1.61. The van der Waals surface area contributed by atoms with Gasteiger partial charge in [0.15, 0.2) is 0 Å². The number of amides is 1. The van der Waals surface area contributed by atoms with Crippen LogP contribution in [-0.4, -0.2) is 31.3 Å². The molecule has 2 rings (SSSR count). The number of nitrogens with zero attached hydrogens (tertiary/aromatic N) is 1. The summed E-state index contributed by atoms with van der Waals surface area (Å²) in [6, 6.07) is 5.79. The van der Waals surface area contributed by atoms with Crippen LogP contribution in [0.3, 0.4) is 0 Å². The van der Waals surface area contributed by atoms with Crippen LogP contribution in [0.15, 0.2) is 23.1 Å². The Labute approximate surface area is 112 Å². The van der Waals surface area contributed by atoms with Gasteiger partial charge in [-0.1, -0.05) is 0 Å². The molecule has 4 nitrogen and oxygen atoms in total. The fourth-order valence-corrected chi connectivity index (χ4v) is 3.11. The van der Waals surface area contributed by atoms with E-state index in [-0.39, 0.29) is 11.2 Å². The molecule has 1 aromatic carbocycles. The topological polar surface area (TPSA) is 58.4 Å². The van der Waals surface area contributed by atoms with Gasteiger partial charge in [-0.05, 0) is 45.1 Å². The van der Waals surface area contributed by atoms with Crippen molar-refractivity contribution in [3.63, 3.8) is 0 Å². The molecular weight excluding hydrogens is 246 g/mol. The number of nitrogens with two attached hydrogens (primary N) is 1. The van der Waals surface area contributed by atoms with Gasteiger partial charge in [0.05, 0.1) is 10.9 Å². The first kappa shape index (κ1) is 13.2. The lowest BCUT2D eigenvalue weighted by Gasteiger charge is -2.32. The van der Waals surface area contributed by atoms with Gasteiger partial charge in [0.25, 0.3) is 0 Å². The zero-order valence-electron chi connectivity index (χ0n) is 10.8. The van der Waals surface area contributed by atoms with E-state index in [2.05, 4.69) is 5.32 Å². The molecule has 0 bridgehead atoms. The number of benzene rings is 1. The molecule has 1 amide bonds. The number of carbonyl (C=O) groups is 1. The molecule has 0 radical (unpaired) electrons. The normalized spacial score (nSPS) is 18.9. The van der Waals surface area contributed by atoms with Crippen molar-refractivity contribution in [3.8, 4) is 0 Å². The molecular formula is C13H19N3OS. The van der Waals surface area contributed by atoms with Crippen LogP contribution in [0.4, 0.5) is 11.4 Å². The van der Waals surface area contributed by atoms with Crippen LogP contribution < -0.4 is 16.0 Å². The minimum Gasteiger partial charge on any atom is -0.399 e. The molecule has 0 aliphatic carbocycles. The number of nitrogens with one attached hydrogen (secondary N) is 1. The summed E-state index contributed by atoms with van der Waals surface area (Å²) in [4.78, 5) is 15.2. The number of rotatable bonds is 4. The fourth-order valence-electron chi connectivity index (χ4n) is 2.07. The quantitative estimate of drug-likeness (QED) is 0.643. The van der Waals surface area contributed by atoms with Gasteiger partial charge in [-0.25, -0.2) is 0 Å². The molecule has 1 atom stereocenters. The van der Waals surface area contributed by atoms with E-state index >= 15 is 0 Å². The molecule has 0 spiro atoms. The standard InChI is InChI=1S/C13H19N3OS/c1-9-13(17)16(7-3-6-15-2)11-8-10(14)4-5-12(11)18-9/h4-5,8-9,15H,3,6-7,14H2,1-2H3. The Bertz CT molecular complexity index is 450. The summed E-state index contributed by atoms with van der Waals surface area (Å²) in [6.45, 7) is 3.60. The molecule has 18 heavy (non-hydrogen) atoms. The van der Waals surface area contributed by atoms with E-state index in [1.54, 1.807) is 11.8 Å². The smallest absolute Gasteiger partial charge is 0.240 e. The van der Waals surface area contributed by atoms with Crippen molar-refractivity contribution in [1.29, 1.82) is 0 Å². The molecule has 1 aliphatic rings. The van der Waals surface area contributed by atoms with Crippen LogP contribution in [0.1, 0.15) is 13.3 Å². The van der Waals surface area contributed by atoms with Gasteiger partial charge >= 0.3 is 0 Å². The molecule has 0 saturated heterocycles. The lowest BCUT2D eigenvalue weighted by molar-refractivity contribution is -0.118. The van der Waals surface area contributed by atoms with E-state index in [0.717, 1.165) is 30.1 Å². The van der Waals surface area contributed by atoms with Gasteiger partial charge in [-0.15, -0.1) is 11.8 Å². The second kappa shape index (κ2) is 5.63. The van der Waals surface area contributed by atoms with Crippen LogP contribution in [0.2, 0.25) is 0 Å². The summed E-state index contributed by atoms with van der Waals surface area (Å²) in [7, 11) is 1.92. The van der Waals surface area contributed by atoms with Crippen LogP contribution >= 0.6 is 11.8 Å². The molecule has 0 aromatic heterocycles. The maximum atomic E-state index is 12.2. The summed E-state index contributed by atoms with van der Waals surface area (Å²) in [5, 5.41) is 3.08. The number of nitrogen functional groups attached to an aromatic ring is 1. The SMILES string of the molecule is CNCCCN1C(=O)C(C)Sc2ccc(N)cc21. The highest BCUT2D eigenvalue weighted by atomic mass is 32.2. The number of hydrogen-bond donors (Lipinski definition) is 2. The predicted octanol–water partition coefficient (Wildman–Crippen LogP) is 1.71. The number of thioether (sulfide) groups is 1. The first-order chi connectivity index (χ1) is 8.63. The van der Waals surface area contributed by atoms with Crippen LogP contribution in [0.25, 0.3) is 0 Å². The summed E-state index contributed by atoms with van der Waals surface area (Å²) < 4.78 is 0. The lowest BCUT2D eigenvalue weighted by Crippen LogP contribution is -2.41. The Morgan fingerprint density at radius 2 is 2.28 bits per heavy atom. The monoisotopic (exact) mass is 265 g/mol. The van der Waals surface area contributed by atoms with E-state index < -0.39 is 0 Å². The van der Waals surface area contributed by atoms with Gasteiger partial charge in [0.2, 0.25) is 5.91 Å². The molecule has 1 unspecified atom stereocenters. The molecule has 5 heteroatoms. The van der Waals surface area contributed by atoms with E-state index in [4.69, 9.17) is 5.73 Å². The first-order valence-electron chi connectivity index (χ1n) is 6.15. The molecule has 1 heterocycles. The van der Waals surface area contributed by atoms with Crippen LogP contribution in [0.5, 0.6) is 0 Å². The summed E-state index contributed by atoms with van der Waals surface area (Å²) in [5.41, 5.74) is 7.48. The first-order valence-corrected chi connectivity index (χ1v) is 7.03. The maximum Gasteiger partial charge on any atom is 0.240 e. The highest BCUT2D eigenvalue weighted by Crippen LogP contribution is 2.40. The molecule has 98 valence electrons. The molecule has 0 saturated carbocycles. The Kier molecular flexibility index (Phi) is 4.14. The van der Waals surface area contributed by atoms with Gasteiger partial charge in [-0.3, -0.25) is 4.79 Å². The van der Waals surface area contributed by atoms with E-state index in [1.807, 2.05) is 37.1 Å². The number of fused-ring (bicyclic) bond motifs is 1. The second-order valence-electron chi connectivity index (χ2n) is 4.43. The summed E-state index contributed by atoms with van der Waals surface area (Å²) in [6.07, 6.45) is 0.938. The number of anilines is 2. The van der Waals surface area contributed by atoms with Crippen molar-refractivity contribution in [1.82, 2.24) is 5.32 Å². The average molecular weight is 265 g/mol. The van der Waals surface area contributed by atoms with Crippen molar-refractivity contribution >= 4 is 29.0 Å². The van der Waals surface area contributed by atoms with Gasteiger partial charge in [0.1, 0.15) is 0 Å². The van der Waals surface area contributed by atoms with E-state index in [0.29, 0.717) is 5.69 Å². The Morgan fingerprint density at radius 1 is 1.50 bits per heavy atom. The maximum absolute atomic E-state index is 12.2. The molecule has 3 N–H and O–H groups in total. The molecule has 0 fully saturated rings. The van der Waals surface area contributed by atoms with E-state index in [9.17, 15) is 4.79 Å².